The molecule has 17 heavy (non-hydrogen) atoms. The van der Waals surface area contributed by atoms with Crippen molar-refractivity contribution in [2.45, 2.75) is 12.8 Å². The Balaban J connectivity index is 1.77. The number of carbonyl (C=O) groups is 1. The quantitative estimate of drug-likeness (QED) is 0.788. The number of nitrogens with one attached hydrogen (secondary N) is 1. The van der Waals surface area contributed by atoms with Gasteiger partial charge in [-0.2, -0.15) is 0 Å². The van der Waals surface area contributed by atoms with Gasteiger partial charge in [0.25, 0.3) is 5.91 Å². The van der Waals surface area contributed by atoms with E-state index in [4.69, 9.17) is 22.1 Å². The summed E-state index contributed by atoms with van der Waals surface area (Å²) in [4.78, 5) is 11.4. The normalized spacial score (nSPS) is 14.4. The number of hydrogen-bond donors (Lipinski definition) is 2. The number of carbonyl (C=O) groups excluding carboxylic acids is 1. The van der Waals surface area contributed by atoms with E-state index in [1.807, 2.05) is 0 Å². The number of halogens is 1. The van der Waals surface area contributed by atoms with E-state index in [0.29, 0.717) is 22.4 Å². The molecule has 0 bridgehead atoms. The zero-order valence-electron chi connectivity index (χ0n) is 9.41. The lowest BCUT2D eigenvalue weighted by atomic mass is 10.3. The van der Waals surface area contributed by atoms with Gasteiger partial charge in [0.1, 0.15) is 5.75 Å². The number of nitrogens with two attached hydrogens (primary N) is 1. The Labute approximate surface area is 105 Å². The molecule has 0 saturated heterocycles. The first kappa shape index (κ1) is 12.0. The van der Waals surface area contributed by atoms with Crippen LogP contribution in [0.25, 0.3) is 0 Å². The number of ether oxygens (including phenoxy) is 1. The van der Waals surface area contributed by atoms with Crippen LogP contribution in [0.1, 0.15) is 12.8 Å². The maximum Gasteiger partial charge on any atom is 0.257 e. The van der Waals surface area contributed by atoms with Crippen molar-refractivity contribution in [3.05, 3.63) is 23.2 Å². The van der Waals surface area contributed by atoms with Gasteiger partial charge in [-0.3, -0.25) is 4.79 Å². The predicted molar refractivity (Wildman–Crippen MR) is 67.1 cm³/mol. The van der Waals surface area contributed by atoms with Gasteiger partial charge in [-0.25, -0.2) is 0 Å². The molecule has 0 heterocycles. The second kappa shape index (κ2) is 5.27. The number of nitrogen functional groups attached to an aromatic ring is 1. The fourth-order valence-electron chi connectivity index (χ4n) is 1.41. The number of rotatable bonds is 5. The summed E-state index contributed by atoms with van der Waals surface area (Å²) in [5, 5.41) is 3.23. The fraction of sp³-hybridized carbons (Fsp3) is 0.417. The lowest BCUT2D eigenvalue weighted by molar-refractivity contribution is -0.123. The molecule has 1 amide bonds. The van der Waals surface area contributed by atoms with Gasteiger partial charge in [0.15, 0.2) is 6.61 Å². The minimum atomic E-state index is -0.121. The lowest BCUT2D eigenvalue weighted by Crippen LogP contribution is -2.30. The van der Waals surface area contributed by atoms with E-state index in [1.165, 1.54) is 12.8 Å². The number of benzene rings is 1. The van der Waals surface area contributed by atoms with Gasteiger partial charge >= 0.3 is 0 Å². The van der Waals surface area contributed by atoms with Crippen molar-refractivity contribution in [3.8, 4) is 5.75 Å². The third-order valence-electron chi connectivity index (χ3n) is 2.60. The molecular formula is C12H15ClN2O2. The summed E-state index contributed by atoms with van der Waals surface area (Å²) in [5.74, 6) is 1.02. The highest BCUT2D eigenvalue weighted by atomic mass is 35.5. The summed E-state index contributed by atoms with van der Waals surface area (Å²) in [6.07, 6.45) is 2.43. The largest absolute Gasteiger partial charge is 0.482 e. The van der Waals surface area contributed by atoms with Crippen LogP contribution in [0.2, 0.25) is 5.02 Å². The Hall–Kier alpha value is -1.42. The Morgan fingerprint density at radius 1 is 1.53 bits per heavy atom. The van der Waals surface area contributed by atoms with Gasteiger partial charge in [0.2, 0.25) is 0 Å². The molecule has 92 valence electrons. The summed E-state index contributed by atoms with van der Waals surface area (Å²) in [5.41, 5.74) is 6.12. The van der Waals surface area contributed by atoms with Crippen molar-refractivity contribution < 1.29 is 9.53 Å². The van der Waals surface area contributed by atoms with E-state index in [1.54, 1.807) is 18.2 Å². The topological polar surface area (TPSA) is 64.3 Å². The van der Waals surface area contributed by atoms with E-state index in [0.717, 1.165) is 6.54 Å². The average Bonchev–Trinajstić information content (AvgIpc) is 3.09. The fourth-order valence-corrected chi connectivity index (χ4v) is 1.65. The van der Waals surface area contributed by atoms with Crippen molar-refractivity contribution in [2.24, 2.45) is 5.92 Å². The maximum absolute atomic E-state index is 11.4. The minimum absolute atomic E-state index is 0.0175. The van der Waals surface area contributed by atoms with E-state index < -0.39 is 0 Å². The zero-order valence-corrected chi connectivity index (χ0v) is 10.2. The van der Waals surface area contributed by atoms with Crippen LogP contribution in [0, 0.1) is 5.92 Å². The standard InChI is InChI=1S/C12H15ClN2O2/c13-10-5-9(14)3-4-11(10)17-7-12(16)15-6-8-1-2-8/h3-5,8H,1-2,6-7,14H2,(H,15,16). The first-order valence-electron chi connectivity index (χ1n) is 5.59. The predicted octanol–water partition coefficient (Wildman–Crippen LogP) is 1.83. The monoisotopic (exact) mass is 254 g/mol. The molecule has 0 atom stereocenters. The van der Waals surface area contributed by atoms with Gasteiger partial charge in [-0.05, 0) is 37.0 Å². The van der Waals surface area contributed by atoms with Crippen LogP contribution >= 0.6 is 11.6 Å². The van der Waals surface area contributed by atoms with Gasteiger partial charge in [-0.15, -0.1) is 0 Å². The van der Waals surface area contributed by atoms with E-state index in [9.17, 15) is 4.79 Å². The first-order valence-corrected chi connectivity index (χ1v) is 5.97. The Kier molecular flexibility index (Phi) is 3.74. The van der Waals surface area contributed by atoms with Crippen molar-refractivity contribution in [1.29, 1.82) is 0 Å². The second-order valence-electron chi connectivity index (χ2n) is 4.23. The summed E-state index contributed by atoms with van der Waals surface area (Å²) >= 11 is 5.91. The highest BCUT2D eigenvalue weighted by Gasteiger charge is 2.21. The van der Waals surface area contributed by atoms with E-state index >= 15 is 0 Å². The lowest BCUT2D eigenvalue weighted by Gasteiger charge is -2.08. The van der Waals surface area contributed by atoms with Gasteiger partial charge in [0.05, 0.1) is 5.02 Å². The van der Waals surface area contributed by atoms with Gasteiger partial charge in [-0.1, -0.05) is 11.6 Å². The number of hydrogen-bond acceptors (Lipinski definition) is 3. The molecule has 1 fully saturated rings. The van der Waals surface area contributed by atoms with Crippen molar-refractivity contribution in [1.82, 2.24) is 5.32 Å². The van der Waals surface area contributed by atoms with Crippen LogP contribution in [-0.4, -0.2) is 19.1 Å². The van der Waals surface area contributed by atoms with Crippen LogP contribution in [0.4, 0.5) is 5.69 Å². The molecule has 0 radical (unpaired) electrons. The Morgan fingerprint density at radius 3 is 2.94 bits per heavy atom. The molecule has 1 aliphatic carbocycles. The van der Waals surface area contributed by atoms with Crippen molar-refractivity contribution >= 4 is 23.2 Å². The SMILES string of the molecule is Nc1ccc(OCC(=O)NCC2CC2)c(Cl)c1. The van der Waals surface area contributed by atoms with E-state index in [-0.39, 0.29) is 12.5 Å². The smallest absolute Gasteiger partial charge is 0.257 e. The third kappa shape index (κ3) is 3.82. The molecule has 1 aromatic rings. The molecule has 1 aliphatic rings. The zero-order chi connectivity index (χ0) is 12.3. The molecule has 0 aliphatic heterocycles. The molecule has 2 rings (SSSR count). The van der Waals surface area contributed by atoms with Crippen molar-refractivity contribution in [3.63, 3.8) is 0 Å². The highest BCUT2D eigenvalue weighted by Crippen LogP contribution is 2.28. The average molecular weight is 255 g/mol. The Bertz CT molecular complexity index is 419. The maximum atomic E-state index is 11.4. The van der Waals surface area contributed by atoms with Gasteiger partial charge in [0, 0.05) is 12.2 Å². The van der Waals surface area contributed by atoms with Crippen LogP contribution in [0.5, 0.6) is 5.75 Å². The molecule has 3 N–H and O–H groups in total. The van der Waals surface area contributed by atoms with Crippen LogP contribution in [0.15, 0.2) is 18.2 Å². The molecule has 1 saturated carbocycles. The molecule has 0 unspecified atom stereocenters. The summed E-state index contributed by atoms with van der Waals surface area (Å²) < 4.78 is 5.31. The van der Waals surface area contributed by atoms with Crippen LogP contribution in [-0.2, 0) is 4.79 Å². The molecule has 5 heteroatoms. The Morgan fingerprint density at radius 2 is 2.29 bits per heavy atom. The molecule has 4 nitrogen and oxygen atoms in total. The number of amides is 1. The summed E-state index contributed by atoms with van der Waals surface area (Å²) in [6.45, 7) is 0.730. The highest BCUT2D eigenvalue weighted by molar-refractivity contribution is 6.32. The van der Waals surface area contributed by atoms with Crippen LogP contribution in [0.3, 0.4) is 0 Å². The molecule has 1 aromatic carbocycles. The van der Waals surface area contributed by atoms with Crippen LogP contribution < -0.4 is 15.8 Å². The first-order chi connectivity index (χ1) is 8.15. The van der Waals surface area contributed by atoms with Gasteiger partial charge < -0.3 is 15.8 Å². The molecule has 0 spiro atoms. The second-order valence-corrected chi connectivity index (χ2v) is 4.63. The summed E-state index contributed by atoms with van der Waals surface area (Å²) in [6, 6.07) is 4.94. The third-order valence-corrected chi connectivity index (χ3v) is 2.89. The van der Waals surface area contributed by atoms with E-state index in [2.05, 4.69) is 5.32 Å². The number of anilines is 1. The molecule has 0 aromatic heterocycles. The molecular weight excluding hydrogens is 240 g/mol. The minimum Gasteiger partial charge on any atom is -0.482 e. The summed E-state index contributed by atoms with van der Waals surface area (Å²) in [7, 11) is 0. The van der Waals surface area contributed by atoms with Crippen molar-refractivity contribution in [2.75, 3.05) is 18.9 Å².